The molecule has 1 aliphatic rings. The van der Waals surface area contributed by atoms with E-state index in [0.29, 0.717) is 12.7 Å². The highest BCUT2D eigenvalue weighted by molar-refractivity contribution is 9.10. The Morgan fingerprint density at radius 1 is 1.43 bits per heavy atom. The van der Waals surface area contributed by atoms with Crippen LogP contribution in [0.25, 0.3) is 0 Å². The summed E-state index contributed by atoms with van der Waals surface area (Å²) < 4.78 is 18.0. The van der Waals surface area contributed by atoms with Crippen LogP contribution in [0.2, 0.25) is 0 Å². The van der Waals surface area contributed by atoms with Crippen LogP contribution in [-0.4, -0.2) is 32.0 Å². The monoisotopic (exact) mass is 357 g/mol. The molecule has 1 aliphatic heterocycles. The molecule has 21 heavy (non-hydrogen) atoms. The molecule has 0 saturated carbocycles. The smallest absolute Gasteiger partial charge is 0.175 e. The van der Waals surface area contributed by atoms with Crippen LogP contribution in [0.4, 0.5) is 0 Å². The van der Waals surface area contributed by atoms with Crippen LogP contribution in [0.3, 0.4) is 0 Å². The van der Waals surface area contributed by atoms with Crippen molar-refractivity contribution >= 4 is 15.9 Å². The van der Waals surface area contributed by atoms with E-state index in [-0.39, 0.29) is 12.1 Å². The van der Waals surface area contributed by atoms with Crippen LogP contribution in [-0.2, 0) is 11.2 Å². The van der Waals surface area contributed by atoms with Gasteiger partial charge >= 0.3 is 0 Å². The Labute approximate surface area is 135 Å². The van der Waals surface area contributed by atoms with Crippen LogP contribution in [0.5, 0.6) is 11.5 Å². The third-order valence-electron chi connectivity index (χ3n) is 3.58. The maximum Gasteiger partial charge on any atom is 0.175 e. The third-order valence-corrected chi connectivity index (χ3v) is 4.17. The summed E-state index contributed by atoms with van der Waals surface area (Å²) in [4.78, 5) is 0. The highest BCUT2D eigenvalue weighted by atomic mass is 79.9. The number of benzene rings is 1. The van der Waals surface area contributed by atoms with E-state index in [1.165, 1.54) is 0 Å². The van der Waals surface area contributed by atoms with Crippen LogP contribution in [0.15, 0.2) is 16.6 Å². The molecule has 118 valence electrons. The molecule has 0 aromatic heterocycles. The van der Waals surface area contributed by atoms with Crippen molar-refractivity contribution < 1.29 is 14.2 Å². The summed E-state index contributed by atoms with van der Waals surface area (Å²) >= 11 is 3.56. The maximum atomic E-state index is 5.92. The molecule has 3 atom stereocenters. The van der Waals surface area contributed by atoms with Gasteiger partial charge in [-0.1, -0.05) is 0 Å². The Bertz CT molecular complexity index is 479. The van der Waals surface area contributed by atoms with Crippen molar-refractivity contribution in [3.63, 3.8) is 0 Å². The number of rotatable bonds is 6. The molecule has 5 heteroatoms. The minimum atomic E-state index is 0.113. The molecule has 1 aromatic carbocycles. The molecule has 1 fully saturated rings. The Morgan fingerprint density at radius 3 is 2.76 bits per heavy atom. The largest absolute Gasteiger partial charge is 0.493 e. The van der Waals surface area contributed by atoms with Crippen LogP contribution in [0.1, 0.15) is 32.3 Å². The Morgan fingerprint density at radius 2 is 2.19 bits per heavy atom. The molecule has 0 spiro atoms. The lowest BCUT2D eigenvalue weighted by Gasteiger charge is -2.17. The Balaban J connectivity index is 2.07. The molecule has 4 nitrogen and oxygen atoms in total. The van der Waals surface area contributed by atoms with Gasteiger partial charge < -0.3 is 19.9 Å². The van der Waals surface area contributed by atoms with Gasteiger partial charge in [-0.2, -0.15) is 0 Å². The zero-order valence-electron chi connectivity index (χ0n) is 12.9. The summed E-state index contributed by atoms with van der Waals surface area (Å²) in [6.07, 6.45) is 3.44. The van der Waals surface area contributed by atoms with Crippen molar-refractivity contribution in [2.45, 2.75) is 51.4 Å². The molecule has 1 heterocycles. The standard InChI is InChI=1S/C16H24BrNO3/c1-10(18)6-12-7-14(17)16(15(8-12)19-3)20-9-13-5-4-11(2)21-13/h7-8,10-11,13H,4-6,9,18H2,1-3H3. The van der Waals surface area contributed by atoms with Crippen molar-refractivity contribution in [2.24, 2.45) is 5.73 Å². The first-order valence-electron chi connectivity index (χ1n) is 7.39. The quantitative estimate of drug-likeness (QED) is 0.848. The number of nitrogens with two attached hydrogens (primary N) is 1. The molecular formula is C16H24BrNO3. The van der Waals surface area contributed by atoms with Gasteiger partial charge in [0.15, 0.2) is 11.5 Å². The van der Waals surface area contributed by atoms with E-state index in [0.717, 1.165) is 40.8 Å². The molecular weight excluding hydrogens is 334 g/mol. The normalized spacial score (nSPS) is 23.1. The molecule has 3 unspecified atom stereocenters. The summed E-state index contributed by atoms with van der Waals surface area (Å²) in [7, 11) is 1.65. The summed E-state index contributed by atoms with van der Waals surface area (Å²) in [5, 5.41) is 0. The lowest BCUT2D eigenvalue weighted by molar-refractivity contribution is 0.0257. The van der Waals surface area contributed by atoms with Gasteiger partial charge in [0.1, 0.15) is 6.61 Å². The summed E-state index contributed by atoms with van der Waals surface area (Å²) in [5.74, 6) is 1.46. The molecule has 1 aromatic rings. The summed E-state index contributed by atoms with van der Waals surface area (Å²) in [6, 6.07) is 4.14. The molecule has 2 N–H and O–H groups in total. The second-order valence-corrected chi connectivity index (χ2v) is 6.60. The molecule has 0 bridgehead atoms. The fraction of sp³-hybridized carbons (Fsp3) is 0.625. The molecule has 2 rings (SSSR count). The number of hydrogen-bond donors (Lipinski definition) is 1. The fourth-order valence-electron chi connectivity index (χ4n) is 2.59. The van der Waals surface area contributed by atoms with Crippen LogP contribution in [0, 0.1) is 0 Å². The zero-order valence-corrected chi connectivity index (χ0v) is 14.5. The predicted octanol–water partition coefficient (Wildman–Crippen LogP) is 3.29. The van der Waals surface area contributed by atoms with E-state index in [9.17, 15) is 0 Å². The number of halogens is 1. The maximum absolute atomic E-state index is 5.92. The van der Waals surface area contributed by atoms with E-state index in [1.54, 1.807) is 7.11 Å². The topological polar surface area (TPSA) is 53.7 Å². The SMILES string of the molecule is COc1cc(CC(C)N)cc(Br)c1OCC1CCC(C)O1. The van der Waals surface area contributed by atoms with Gasteiger partial charge in [0.2, 0.25) is 0 Å². The number of ether oxygens (including phenoxy) is 3. The van der Waals surface area contributed by atoms with Crippen molar-refractivity contribution in [3.05, 3.63) is 22.2 Å². The van der Waals surface area contributed by atoms with E-state index in [2.05, 4.69) is 22.9 Å². The van der Waals surface area contributed by atoms with Crippen molar-refractivity contribution in [1.29, 1.82) is 0 Å². The Kier molecular flexibility index (Phi) is 5.90. The van der Waals surface area contributed by atoms with E-state index in [4.69, 9.17) is 19.9 Å². The lowest BCUT2D eigenvalue weighted by atomic mass is 10.1. The molecule has 1 saturated heterocycles. The van der Waals surface area contributed by atoms with Gasteiger partial charge in [-0.25, -0.2) is 0 Å². The molecule has 0 radical (unpaired) electrons. The minimum Gasteiger partial charge on any atom is -0.493 e. The van der Waals surface area contributed by atoms with E-state index in [1.807, 2.05) is 19.1 Å². The van der Waals surface area contributed by atoms with Gasteiger partial charge in [0.25, 0.3) is 0 Å². The first-order valence-corrected chi connectivity index (χ1v) is 8.19. The average molecular weight is 358 g/mol. The van der Waals surface area contributed by atoms with Gasteiger partial charge in [-0.05, 0) is 66.7 Å². The third kappa shape index (κ3) is 4.59. The number of hydrogen-bond acceptors (Lipinski definition) is 4. The second kappa shape index (κ2) is 7.47. The van der Waals surface area contributed by atoms with Gasteiger partial charge in [0.05, 0.1) is 23.8 Å². The lowest BCUT2D eigenvalue weighted by Crippen LogP contribution is -2.19. The Hall–Kier alpha value is -0.780. The van der Waals surface area contributed by atoms with Gasteiger partial charge in [0, 0.05) is 6.04 Å². The van der Waals surface area contributed by atoms with Crippen molar-refractivity contribution in [2.75, 3.05) is 13.7 Å². The zero-order chi connectivity index (χ0) is 15.4. The van der Waals surface area contributed by atoms with Crippen molar-refractivity contribution in [1.82, 2.24) is 0 Å². The van der Waals surface area contributed by atoms with E-state index < -0.39 is 0 Å². The summed E-state index contributed by atoms with van der Waals surface area (Å²) in [5.41, 5.74) is 6.99. The number of methoxy groups -OCH3 is 1. The molecule has 0 aliphatic carbocycles. The fourth-order valence-corrected chi connectivity index (χ4v) is 3.19. The highest BCUT2D eigenvalue weighted by Gasteiger charge is 2.23. The van der Waals surface area contributed by atoms with Gasteiger partial charge in [-0.3, -0.25) is 0 Å². The van der Waals surface area contributed by atoms with E-state index >= 15 is 0 Å². The first-order chi connectivity index (χ1) is 9.99. The molecule has 0 amide bonds. The second-order valence-electron chi connectivity index (χ2n) is 5.75. The highest BCUT2D eigenvalue weighted by Crippen LogP contribution is 2.37. The van der Waals surface area contributed by atoms with Crippen LogP contribution >= 0.6 is 15.9 Å². The first kappa shape index (κ1) is 16.6. The van der Waals surface area contributed by atoms with Gasteiger partial charge in [-0.15, -0.1) is 0 Å². The average Bonchev–Trinajstić information content (AvgIpc) is 2.82. The summed E-state index contributed by atoms with van der Waals surface area (Å²) in [6.45, 7) is 4.63. The van der Waals surface area contributed by atoms with Crippen LogP contribution < -0.4 is 15.2 Å². The minimum absolute atomic E-state index is 0.113. The van der Waals surface area contributed by atoms with Crippen molar-refractivity contribution in [3.8, 4) is 11.5 Å². The predicted molar refractivity (Wildman–Crippen MR) is 87.1 cm³/mol.